The maximum absolute atomic E-state index is 11.5. The summed E-state index contributed by atoms with van der Waals surface area (Å²) >= 11 is 0. The largest absolute Gasteiger partial charge is 0.379 e. The fourth-order valence-electron chi connectivity index (χ4n) is 1.89. The maximum atomic E-state index is 11.5. The molecule has 0 spiro atoms. The zero-order chi connectivity index (χ0) is 17.3. The number of hydrogen-bond donors (Lipinski definition) is 1. The van der Waals surface area contributed by atoms with Gasteiger partial charge in [0.25, 0.3) is 0 Å². The minimum atomic E-state index is 0. The predicted octanol–water partition coefficient (Wildman–Crippen LogP) is 3.27. The number of ether oxygens (including phenoxy) is 3. The van der Waals surface area contributed by atoms with Gasteiger partial charge in [0.05, 0.1) is 33.0 Å². The molecule has 1 amide bonds. The number of nitrogens with one attached hydrogen (secondary N) is 1. The molecule has 0 aliphatic carbocycles. The summed E-state index contributed by atoms with van der Waals surface area (Å²) in [6.45, 7) is 12.7. The van der Waals surface area contributed by atoms with Crippen molar-refractivity contribution in [3.8, 4) is 0 Å². The molecule has 0 fully saturated rings. The van der Waals surface area contributed by atoms with E-state index in [2.05, 4.69) is 19.2 Å². The summed E-state index contributed by atoms with van der Waals surface area (Å²) in [7, 11) is 0. The summed E-state index contributed by atoms with van der Waals surface area (Å²) in [4.78, 5) is 11.5. The molecule has 0 aromatic heterocycles. The first-order valence-electron chi connectivity index (χ1n) is 9.12. The van der Waals surface area contributed by atoms with Crippen LogP contribution in [-0.2, 0) is 19.0 Å². The van der Waals surface area contributed by atoms with Crippen LogP contribution in [0.3, 0.4) is 0 Å². The molecule has 5 nitrogen and oxygen atoms in total. The van der Waals surface area contributed by atoms with E-state index in [0.717, 1.165) is 25.4 Å². The molecule has 5 heteroatoms. The lowest BCUT2D eigenvalue weighted by atomic mass is 10.0. The van der Waals surface area contributed by atoms with Crippen molar-refractivity contribution in [2.75, 3.05) is 46.2 Å². The van der Waals surface area contributed by atoms with Gasteiger partial charge in [-0.05, 0) is 25.2 Å². The summed E-state index contributed by atoms with van der Waals surface area (Å²) in [5, 5.41) is 2.85. The molecule has 0 bridgehead atoms. The van der Waals surface area contributed by atoms with Gasteiger partial charge < -0.3 is 19.5 Å². The highest BCUT2D eigenvalue weighted by Gasteiger charge is 2.08. The third-order valence-electron chi connectivity index (χ3n) is 4.03. The Hall–Kier alpha value is -0.650. The summed E-state index contributed by atoms with van der Waals surface area (Å²) in [5.74, 6) is 0.961. The van der Waals surface area contributed by atoms with Gasteiger partial charge >= 0.3 is 0 Å². The molecule has 0 aliphatic heterocycles. The average Bonchev–Trinajstić information content (AvgIpc) is 2.57. The van der Waals surface area contributed by atoms with Crippen molar-refractivity contribution >= 4 is 5.91 Å². The molecule has 2 unspecified atom stereocenters. The molecular weight excluding hydrogens is 294 g/mol. The van der Waals surface area contributed by atoms with E-state index in [1.54, 1.807) is 0 Å². The molecule has 0 aromatic carbocycles. The molecule has 0 aliphatic rings. The van der Waals surface area contributed by atoms with E-state index in [4.69, 9.17) is 14.2 Å². The minimum Gasteiger partial charge on any atom is -0.379 e. The van der Waals surface area contributed by atoms with Crippen molar-refractivity contribution in [3.05, 3.63) is 0 Å². The second-order valence-electron chi connectivity index (χ2n) is 6.09. The number of carbonyl (C=O) groups is 1. The first-order chi connectivity index (χ1) is 11.1. The van der Waals surface area contributed by atoms with Crippen LogP contribution in [0.5, 0.6) is 0 Å². The third kappa shape index (κ3) is 14.7. The fourth-order valence-corrected chi connectivity index (χ4v) is 1.89. The Balaban J connectivity index is 0. The van der Waals surface area contributed by atoms with Crippen molar-refractivity contribution < 1.29 is 20.4 Å². The van der Waals surface area contributed by atoms with E-state index >= 15 is 0 Å². The lowest BCUT2D eigenvalue weighted by molar-refractivity contribution is -0.124. The highest BCUT2D eigenvalue weighted by Crippen LogP contribution is 2.08. The second-order valence-corrected chi connectivity index (χ2v) is 6.09. The Morgan fingerprint density at radius 1 is 0.913 bits per heavy atom. The molecule has 2 atom stereocenters. The molecule has 0 rings (SSSR count). The predicted molar refractivity (Wildman–Crippen MR) is 95.7 cm³/mol. The van der Waals surface area contributed by atoms with E-state index in [9.17, 15) is 4.79 Å². The zero-order valence-electron chi connectivity index (χ0n) is 15.6. The molecule has 0 radical (unpaired) electrons. The van der Waals surface area contributed by atoms with Crippen molar-refractivity contribution in [3.63, 3.8) is 0 Å². The van der Waals surface area contributed by atoms with Crippen LogP contribution in [0.2, 0.25) is 0 Å². The summed E-state index contributed by atoms with van der Waals surface area (Å²) < 4.78 is 16.3. The van der Waals surface area contributed by atoms with Crippen molar-refractivity contribution in [2.24, 2.45) is 11.8 Å². The zero-order valence-corrected chi connectivity index (χ0v) is 15.6. The van der Waals surface area contributed by atoms with E-state index in [0.29, 0.717) is 39.6 Å². The Kier molecular flexibility index (Phi) is 15.8. The van der Waals surface area contributed by atoms with Crippen LogP contribution in [0.15, 0.2) is 0 Å². The average molecular weight is 334 g/mol. The maximum Gasteiger partial charge on any atom is 0.222 e. The fraction of sp³-hybridized carbons (Fsp3) is 0.944. The number of carbonyl (C=O) groups excluding carboxylic acids is 1. The number of rotatable bonds is 16. The molecule has 0 saturated carbocycles. The summed E-state index contributed by atoms with van der Waals surface area (Å²) in [6.07, 6.45) is 4.46. The van der Waals surface area contributed by atoms with Crippen LogP contribution in [-0.4, -0.2) is 52.1 Å². The lowest BCUT2D eigenvalue weighted by Gasteiger charge is -2.10. The quantitative estimate of drug-likeness (QED) is 0.440. The summed E-state index contributed by atoms with van der Waals surface area (Å²) in [5.41, 5.74) is 0. The molecule has 1 N–H and O–H groups in total. The Morgan fingerprint density at radius 3 is 2.04 bits per heavy atom. The highest BCUT2D eigenvalue weighted by atomic mass is 16.5. The van der Waals surface area contributed by atoms with Gasteiger partial charge in [-0.25, -0.2) is 0 Å². The molecule has 140 valence electrons. The topological polar surface area (TPSA) is 56.8 Å². The number of hydrogen-bond acceptors (Lipinski definition) is 4. The van der Waals surface area contributed by atoms with Crippen LogP contribution < -0.4 is 5.32 Å². The smallest absolute Gasteiger partial charge is 0.222 e. The normalized spacial score (nSPS) is 13.7. The van der Waals surface area contributed by atoms with E-state index in [1.807, 2.05) is 13.8 Å². The first kappa shape index (κ1) is 22.4. The van der Waals surface area contributed by atoms with Gasteiger partial charge in [-0.1, -0.05) is 34.1 Å². The van der Waals surface area contributed by atoms with Gasteiger partial charge in [-0.3, -0.25) is 4.79 Å². The van der Waals surface area contributed by atoms with Crippen LogP contribution in [0.4, 0.5) is 0 Å². The van der Waals surface area contributed by atoms with E-state index in [-0.39, 0.29) is 13.3 Å². The summed E-state index contributed by atoms with van der Waals surface area (Å²) in [6, 6.07) is 0. The van der Waals surface area contributed by atoms with Crippen LogP contribution in [0, 0.1) is 11.8 Å². The van der Waals surface area contributed by atoms with Gasteiger partial charge in [0, 0.05) is 20.5 Å². The van der Waals surface area contributed by atoms with Crippen LogP contribution in [0.25, 0.3) is 0 Å². The van der Waals surface area contributed by atoms with Gasteiger partial charge in [-0.15, -0.1) is 0 Å². The molecular formula is C18H39NO4. The molecule has 0 heterocycles. The van der Waals surface area contributed by atoms with E-state index < -0.39 is 0 Å². The molecule has 23 heavy (non-hydrogen) atoms. The highest BCUT2D eigenvalue weighted by molar-refractivity contribution is 5.78. The minimum absolute atomic E-state index is 0. The van der Waals surface area contributed by atoms with Crippen molar-refractivity contribution in [2.45, 2.75) is 53.4 Å². The van der Waals surface area contributed by atoms with Gasteiger partial charge in [0.2, 0.25) is 5.91 Å². The number of amides is 1. The van der Waals surface area contributed by atoms with Crippen molar-refractivity contribution in [1.29, 1.82) is 0 Å². The second kappa shape index (κ2) is 16.2. The first-order valence-corrected chi connectivity index (χ1v) is 9.12. The SMILES string of the molecule is CCC(C)CCCOCCOCCOCCNC(=O)C(C)CC.[HH]. The van der Waals surface area contributed by atoms with Crippen molar-refractivity contribution in [1.82, 2.24) is 5.32 Å². The third-order valence-corrected chi connectivity index (χ3v) is 4.03. The lowest BCUT2D eigenvalue weighted by Crippen LogP contribution is -2.31. The van der Waals surface area contributed by atoms with E-state index in [1.165, 1.54) is 12.8 Å². The van der Waals surface area contributed by atoms with Crippen LogP contribution in [0.1, 0.15) is 54.8 Å². The van der Waals surface area contributed by atoms with Gasteiger partial charge in [0.15, 0.2) is 0 Å². The van der Waals surface area contributed by atoms with Gasteiger partial charge in [0.1, 0.15) is 0 Å². The molecule has 0 saturated heterocycles. The monoisotopic (exact) mass is 333 g/mol. The molecule has 0 aromatic rings. The Bertz CT molecular complexity index is 280. The van der Waals surface area contributed by atoms with Crippen LogP contribution >= 0.6 is 0 Å². The Labute approximate surface area is 143 Å². The standard InChI is InChI=1S/C18H37NO4.H2/c1-5-16(3)8-7-10-21-12-14-23-15-13-22-11-9-19-18(20)17(4)6-2;/h16-17H,5-15H2,1-4H3,(H,19,20);1H. The van der Waals surface area contributed by atoms with Gasteiger partial charge in [-0.2, -0.15) is 0 Å². The Morgan fingerprint density at radius 2 is 1.48 bits per heavy atom.